The number of morpholine rings is 1. The minimum atomic E-state index is -4.60. The average Bonchev–Trinajstić information content (AvgIpc) is 2.82. The first kappa shape index (κ1) is 26.8. The fourth-order valence-electron chi connectivity index (χ4n) is 3.54. The third-order valence-corrected chi connectivity index (χ3v) is 5.55. The molecule has 0 saturated carbocycles. The second kappa shape index (κ2) is 12.8. The zero-order chi connectivity index (χ0) is 25.3. The van der Waals surface area contributed by atoms with Crippen LogP contribution in [0.1, 0.15) is 47.7 Å². The summed E-state index contributed by atoms with van der Waals surface area (Å²) in [5.41, 5.74) is 0.338. The summed E-state index contributed by atoms with van der Waals surface area (Å²) < 4.78 is 51.3. The zero-order valence-electron chi connectivity index (χ0n) is 19.5. The summed E-state index contributed by atoms with van der Waals surface area (Å²) in [5.74, 6) is -0.747. The predicted molar refractivity (Wildman–Crippen MR) is 130 cm³/mol. The fourth-order valence-corrected chi connectivity index (χ4v) is 3.75. The molecule has 0 radical (unpaired) electrons. The number of pyridine rings is 1. The van der Waals surface area contributed by atoms with Crippen molar-refractivity contribution in [2.45, 2.75) is 38.9 Å². The van der Waals surface area contributed by atoms with E-state index in [2.05, 4.69) is 20.5 Å². The van der Waals surface area contributed by atoms with Gasteiger partial charge in [0.1, 0.15) is 5.75 Å². The van der Waals surface area contributed by atoms with Crippen LogP contribution in [-0.4, -0.2) is 53.8 Å². The van der Waals surface area contributed by atoms with E-state index >= 15 is 0 Å². The van der Waals surface area contributed by atoms with Crippen molar-refractivity contribution in [2.24, 2.45) is 0 Å². The van der Waals surface area contributed by atoms with Crippen molar-refractivity contribution in [3.05, 3.63) is 53.3 Å². The van der Waals surface area contributed by atoms with Gasteiger partial charge in [-0.25, -0.2) is 0 Å². The highest BCUT2D eigenvalue weighted by Gasteiger charge is 2.34. The maximum Gasteiger partial charge on any atom is 0.420 e. The lowest BCUT2D eigenvalue weighted by atomic mass is 10.1. The number of nitrogens with one attached hydrogen (secondary N) is 2. The molecule has 0 spiro atoms. The molecule has 0 atom stereocenters. The number of benzene rings is 1. The fraction of sp³-hybridized carbons (Fsp3) is 0.458. The molecule has 7 nitrogen and oxygen atoms in total. The number of hydrogen-bond donors (Lipinski definition) is 2. The topological polar surface area (TPSA) is 75.7 Å². The van der Waals surface area contributed by atoms with Crippen LogP contribution in [0.15, 0.2) is 36.7 Å². The number of hydrogen-bond acceptors (Lipinski definition) is 6. The van der Waals surface area contributed by atoms with Crippen molar-refractivity contribution in [2.75, 3.05) is 38.2 Å². The number of unbranched alkanes of at least 4 members (excludes halogenated alkanes) is 2. The van der Waals surface area contributed by atoms with E-state index in [1.54, 1.807) is 12.3 Å². The smallest absolute Gasteiger partial charge is 0.420 e. The molecule has 1 saturated heterocycles. The largest absolute Gasteiger partial charge is 0.493 e. The standard InChI is InChI=1S/C24H29F3N4O3S/c1-2-3-4-9-34-21-6-5-19(13-20(21)24(25,26)27)29-23(35)30-22(32)18-12-17(14-28-15-18)16-31-7-10-33-11-8-31/h5-6,12-15H,2-4,7-11,16H2,1H3,(H2,29,30,32,35). The molecule has 1 aromatic carbocycles. The van der Waals surface area contributed by atoms with Gasteiger partial charge in [-0.3, -0.25) is 20.0 Å². The van der Waals surface area contributed by atoms with Gasteiger partial charge in [0, 0.05) is 37.7 Å². The van der Waals surface area contributed by atoms with Gasteiger partial charge in [0.2, 0.25) is 0 Å². The van der Waals surface area contributed by atoms with Gasteiger partial charge in [0.05, 0.1) is 30.9 Å². The highest BCUT2D eigenvalue weighted by molar-refractivity contribution is 7.80. The number of halogens is 3. The van der Waals surface area contributed by atoms with Crippen LogP contribution in [0.5, 0.6) is 5.75 Å². The molecule has 1 fully saturated rings. The Morgan fingerprint density at radius 3 is 2.69 bits per heavy atom. The molecule has 1 aliphatic rings. The van der Waals surface area contributed by atoms with E-state index < -0.39 is 17.6 Å². The maximum atomic E-state index is 13.6. The third kappa shape index (κ3) is 8.44. The Balaban J connectivity index is 1.61. The lowest BCUT2D eigenvalue weighted by Gasteiger charge is -2.26. The number of rotatable bonds is 9. The molecule has 2 heterocycles. The van der Waals surface area contributed by atoms with Gasteiger partial charge in [0.25, 0.3) is 5.91 Å². The first-order valence-electron chi connectivity index (χ1n) is 11.5. The summed E-state index contributed by atoms with van der Waals surface area (Å²) in [7, 11) is 0. The van der Waals surface area contributed by atoms with Crippen LogP contribution in [0, 0.1) is 0 Å². The average molecular weight is 511 g/mol. The Hall–Kier alpha value is -2.76. The second-order valence-corrected chi connectivity index (χ2v) is 8.55. The quantitative estimate of drug-likeness (QED) is 0.376. The van der Waals surface area contributed by atoms with Crippen LogP contribution in [0.4, 0.5) is 18.9 Å². The molecule has 0 aliphatic carbocycles. The number of aromatic nitrogens is 1. The van der Waals surface area contributed by atoms with Gasteiger partial charge < -0.3 is 14.8 Å². The number of alkyl halides is 3. The van der Waals surface area contributed by atoms with Crippen molar-refractivity contribution in [3.8, 4) is 5.75 Å². The van der Waals surface area contributed by atoms with Crippen molar-refractivity contribution >= 4 is 28.9 Å². The van der Waals surface area contributed by atoms with Crippen molar-refractivity contribution in [1.82, 2.24) is 15.2 Å². The summed E-state index contributed by atoms with van der Waals surface area (Å²) in [5, 5.41) is 5.01. The van der Waals surface area contributed by atoms with E-state index in [-0.39, 0.29) is 23.2 Å². The van der Waals surface area contributed by atoms with Gasteiger partial charge in [0.15, 0.2) is 5.11 Å². The van der Waals surface area contributed by atoms with Gasteiger partial charge >= 0.3 is 6.18 Å². The van der Waals surface area contributed by atoms with E-state index in [0.29, 0.717) is 31.7 Å². The normalized spacial score (nSPS) is 14.4. The van der Waals surface area contributed by atoms with Crippen LogP contribution in [0.25, 0.3) is 0 Å². The summed E-state index contributed by atoms with van der Waals surface area (Å²) in [6, 6.07) is 5.30. The summed E-state index contributed by atoms with van der Waals surface area (Å²) in [6.07, 6.45) is 0.985. The monoisotopic (exact) mass is 510 g/mol. The lowest BCUT2D eigenvalue weighted by molar-refractivity contribution is -0.138. The highest BCUT2D eigenvalue weighted by atomic mass is 32.1. The van der Waals surface area contributed by atoms with Crippen molar-refractivity contribution in [3.63, 3.8) is 0 Å². The molecule has 1 amide bonds. The van der Waals surface area contributed by atoms with Gasteiger partial charge in [-0.1, -0.05) is 19.8 Å². The van der Waals surface area contributed by atoms with E-state index in [1.807, 2.05) is 6.92 Å². The molecule has 1 aliphatic heterocycles. The molecule has 0 unspecified atom stereocenters. The van der Waals surface area contributed by atoms with E-state index in [9.17, 15) is 18.0 Å². The Bertz CT molecular complexity index is 1010. The van der Waals surface area contributed by atoms with Gasteiger partial charge in [-0.05, 0) is 48.5 Å². The summed E-state index contributed by atoms with van der Waals surface area (Å²) >= 11 is 5.15. The minimum absolute atomic E-state index is 0.0859. The molecule has 2 N–H and O–H groups in total. The van der Waals surface area contributed by atoms with Crippen LogP contribution in [-0.2, 0) is 17.5 Å². The minimum Gasteiger partial charge on any atom is -0.493 e. The highest BCUT2D eigenvalue weighted by Crippen LogP contribution is 2.38. The number of nitrogens with zero attached hydrogens (tertiary/aromatic N) is 2. The molecular weight excluding hydrogens is 481 g/mol. The lowest BCUT2D eigenvalue weighted by Crippen LogP contribution is -2.36. The molecule has 1 aromatic heterocycles. The SMILES string of the molecule is CCCCCOc1ccc(NC(=S)NC(=O)c2cncc(CN3CCOCC3)c2)cc1C(F)(F)F. The Kier molecular flexibility index (Phi) is 9.82. The maximum absolute atomic E-state index is 13.6. The molecule has 11 heteroatoms. The summed E-state index contributed by atoms with van der Waals surface area (Å²) in [4.78, 5) is 19.0. The Morgan fingerprint density at radius 2 is 1.97 bits per heavy atom. The molecule has 190 valence electrons. The molecule has 0 bridgehead atoms. The van der Waals surface area contributed by atoms with E-state index in [0.717, 1.165) is 37.6 Å². The predicted octanol–water partition coefficient (Wildman–Crippen LogP) is 4.63. The zero-order valence-corrected chi connectivity index (χ0v) is 20.3. The molecular formula is C24H29F3N4O3S. The first-order valence-corrected chi connectivity index (χ1v) is 11.9. The second-order valence-electron chi connectivity index (χ2n) is 8.14. The van der Waals surface area contributed by atoms with Crippen molar-refractivity contribution < 1.29 is 27.4 Å². The van der Waals surface area contributed by atoms with E-state index in [1.165, 1.54) is 18.3 Å². The molecule has 3 rings (SSSR count). The molecule has 2 aromatic rings. The number of thiocarbonyl (C=S) groups is 1. The van der Waals surface area contributed by atoms with E-state index in [4.69, 9.17) is 21.7 Å². The van der Waals surface area contributed by atoms with Gasteiger partial charge in [-0.2, -0.15) is 13.2 Å². The van der Waals surface area contributed by atoms with Crippen molar-refractivity contribution in [1.29, 1.82) is 0 Å². The first-order chi connectivity index (χ1) is 16.8. The van der Waals surface area contributed by atoms with Crippen LogP contribution in [0.3, 0.4) is 0 Å². The van der Waals surface area contributed by atoms with Gasteiger partial charge in [-0.15, -0.1) is 0 Å². The number of carbonyl (C=O) groups excluding carboxylic acids is 1. The Labute approximate surface area is 208 Å². The summed E-state index contributed by atoms with van der Waals surface area (Å²) in [6.45, 7) is 5.76. The van der Waals surface area contributed by atoms with Crippen LogP contribution < -0.4 is 15.4 Å². The Morgan fingerprint density at radius 1 is 1.20 bits per heavy atom. The van der Waals surface area contributed by atoms with Crippen LogP contribution in [0.2, 0.25) is 0 Å². The number of amides is 1. The number of carbonyl (C=O) groups is 1. The number of ether oxygens (including phenoxy) is 2. The molecule has 35 heavy (non-hydrogen) atoms. The van der Waals surface area contributed by atoms with Crippen LogP contribution >= 0.6 is 12.2 Å². The third-order valence-electron chi connectivity index (χ3n) is 5.34. The number of anilines is 1.